The van der Waals surface area contributed by atoms with Crippen molar-refractivity contribution in [3.63, 3.8) is 0 Å². The first-order valence-electron chi connectivity index (χ1n) is 8.30. The SMILES string of the molecule is CCCC[C@@H]1CN(Cc2sc(C)nc2C)C[C@H](C(C)C)O1. The monoisotopic (exact) mass is 310 g/mol. The lowest BCUT2D eigenvalue weighted by molar-refractivity contribution is -0.108. The Balaban J connectivity index is 2.01. The Bertz CT molecular complexity index is 444. The molecular weight excluding hydrogens is 280 g/mol. The van der Waals surface area contributed by atoms with E-state index in [9.17, 15) is 0 Å². The van der Waals surface area contributed by atoms with Gasteiger partial charge in [0.05, 0.1) is 22.9 Å². The summed E-state index contributed by atoms with van der Waals surface area (Å²) >= 11 is 1.84. The summed E-state index contributed by atoms with van der Waals surface area (Å²) in [6.45, 7) is 14.2. The largest absolute Gasteiger partial charge is 0.372 e. The summed E-state index contributed by atoms with van der Waals surface area (Å²) in [5, 5.41) is 1.18. The van der Waals surface area contributed by atoms with Crippen LogP contribution in [0.2, 0.25) is 0 Å². The van der Waals surface area contributed by atoms with Crippen LogP contribution in [0.3, 0.4) is 0 Å². The summed E-state index contributed by atoms with van der Waals surface area (Å²) in [7, 11) is 0. The number of aromatic nitrogens is 1. The fourth-order valence-corrected chi connectivity index (χ4v) is 3.94. The van der Waals surface area contributed by atoms with E-state index < -0.39 is 0 Å². The van der Waals surface area contributed by atoms with Crippen molar-refractivity contribution < 1.29 is 4.74 Å². The first-order valence-corrected chi connectivity index (χ1v) is 9.12. The van der Waals surface area contributed by atoms with Gasteiger partial charge in [-0.05, 0) is 26.2 Å². The van der Waals surface area contributed by atoms with E-state index in [1.165, 1.54) is 34.8 Å². The lowest BCUT2D eigenvalue weighted by atomic mass is 10.0. The number of hydrogen-bond donors (Lipinski definition) is 0. The summed E-state index contributed by atoms with van der Waals surface area (Å²) in [6, 6.07) is 0. The molecule has 1 aromatic rings. The van der Waals surface area contributed by atoms with Crippen molar-refractivity contribution in [2.24, 2.45) is 5.92 Å². The van der Waals surface area contributed by atoms with Crippen LogP contribution in [0.15, 0.2) is 0 Å². The first-order chi connectivity index (χ1) is 9.99. The molecule has 0 spiro atoms. The summed E-state index contributed by atoms with van der Waals surface area (Å²) in [4.78, 5) is 8.56. The fourth-order valence-electron chi connectivity index (χ4n) is 2.96. The predicted molar refractivity (Wildman–Crippen MR) is 89.9 cm³/mol. The Morgan fingerprint density at radius 1 is 1.33 bits per heavy atom. The van der Waals surface area contributed by atoms with E-state index in [1.807, 2.05) is 11.3 Å². The van der Waals surface area contributed by atoms with Crippen molar-refractivity contribution in [3.05, 3.63) is 15.6 Å². The number of aryl methyl sites for hydroxylation is 2. The molecule has 0 bridgehead atoms. The summed E-state index contributed by atoms with van der Waals surface area (Å²) in [5.74, 6) is 0.584. The second kappa shape index (κ2) is 7.70. The minimum absolute atomic E-state index is 0.370. The summed E-state index contributed by atoms with van der Waals surface area (Å²) in [6.07, 6.45) is 4.48. The molecule has 1 aromatic heterocycles. The number of thiazole rings is 1. The lowest BCUT2D eigenvalue weighted by Crippen LogP contribution is -2.48. The average Bonchev–Trinajstić information content (AvgIpc) is 2.74. The number of hydrogen-bond acceptors (Lipinski definition) is 4. The third-order valence-corrected chi connectivity index (χ3v) is 5.31. The maximum Gasteiger partial charge on any atom is 0.0900 e. The average molecular weight is 311 g/mol. The molecule has 120 valence electrons. The van der Waals surface area contributed by atoms with E-state index in [0.29, 0.717) is 18.1 Å². The molecular formula is C17H30N2OS. The molecule has 1 aliphatic heterocycles. The van der Waals surface area contributed by atoms with Gasteiger partial charge < -0.3 is 4.74 Å². The molecule has 2 atom stereocenters. The van der Waals surface area contributed by atoms with Gasteiger partial charge in [-0.15, -0.1) is 11.3 Å². The van der Waals surface area contributed by atoms with Gasteiger partial charge in [0, 0.05) is 24.5 Å². The molecule has 0 N–H and O–H groups in total. The molecule has 1 fully saturated rings. The molecule has 4 heteroatoms. The molecule has 0 amide bonds. The van der Waals surface area contributed by atoms with Crippen molar-refractivity contribution in [2.45, 2.75) is 72.6 Å². The van der Waals surface area contributed by atoms with Gasteiger partial charge >= 0.3 is 0 Å². The number of unbranched alkanes of at least 4 members (excludes halogenated alkanes) is 1. The highest BCUT2D eigenvalue weighted by Crippen LogP contribution is 2.25. The molecule has 0 radical (unpaired) electrons. The topological polar surface area (TPSA) is 25.4 Å². The van der Waals surface area contributed by atoms with E-state index in [2.05, 4.69) is 44.5 Å². The van der Waals surface area contributed by atoms with Crippen LogP contribution in [-0.2, 0) is 11.3 Å². The van der Waals surface area contributed by atoms with Gasteiger partial charge in [-0.1, -0.05) is 33.6 Å². The molecule has 0 saturated carbocycles. The second-order valence-corrected chi connectivity index (χ2v) is 7.91. The first kappa shape index (κ1) is 16.9. The smallest absolute Gasteiger partial charge is 0.0900 e. The predicted octanol–water partition coefficient (Wildman–Crippen LogP) is 4.18. The van der Waals surface area contributed by atoms with E-state index >= 15 is 0 Å². The van der Waals surface area contributed by atoms with Gasteiger partial charge in [-0.3, -0.25) is 4.90 Å². The van der Waals surface area contributed by atoms with Crippen molar-refractivity contribution in [1.82, 2.24) is 9.88 Å². The highest BCUT2D eigenvalue weighted by atomic mass is 32.1. The molecule has 21 heavy (non-hydrogen) atoms. The standard InChI is InChI=1S/C17H30N2OS/c1-6-7-8-15-9-19(10-16(20-15)12(2)3)11-17-13(4)18-14(5)21-17/h12,15-16H,6-11H2,1-5H3/t15-,16-/m1/s1. The Morgan fingerprint density at radius 2 is 2.10 bits per heavy atom. The highest BCUT2D eigenvalue weighted by molar-refractivity contribution is 7.11. The zero-order chi connectivity index (χ0) is 15.4. The van der Waals surface area contributed by atoms with Crippen LogP contribution >= 0.6 is 11.3 Å². The van der Waals surface area contributed by atoms with Crippen molar-refractivity contribution in [3.8, 4) is 0 Å². The number of ether oxygens (including phenoxy) is 1. The zero-order valence-corrected chi connectivity index (χ0v) is 15.0. The Labute approximate surface area is 133 Å². The lowest BCUT2D eigenvalue weighted by Gasteiger charge is -2.39. The van der Waals surface area contributed by atoms with Crippen LogP contribution in [-0.4, -0.2) is 35.2 Å². The maximum atomic E-state index is 6.30. The minimum atomic E-state index is 0.370. The Hall–Kier alpha value is -0.450. The zero-order valence-electron chi connectivity index (χ0n) is 14.2. The van der Waals surface area contributed by atoms with Crippen LogP contribution < -0.4 is 0 Å². The van der Waals surface area contributed by atoms with Crippen molar-refractivity contribution >= 4 is 11.3 Å². The molecule has 1 aliphatic rings. The van der Waals surface area contributed by atoms with Gasteiger partial charge in [-0.25, -0.2) is 4.98 Å². The molecule has 0 unspecified atom stereocenters. The third kappa shape index (κ3) is 4.76. The van der Waals surface area contributed by atoms with E-state index in [-0.39, 0.29) is 0 Å². The summed E-state index contributed by atoms with van der Waals surface area (Å²) < 4.78 is 6.30. The number of morpholine rings is 1. The van der Waals surface area contributed by atoms with Crippen LogP contribution in [0.25, 0.3) is 0 Å². The quantitative estimate of drug-likeness (QED) is 0.788. The highest BCUT2D eigenvalue weighted by Gasteiger charge is 2.29. The number of nitrogens with zero attached hydrogens (tertiary/aromatic N) is 2. The second-order valence-electron chi connectivity index (χ2n) is 6.62. The van der Waals surface area contributed by atoms with E-state index in [0.717, 1.165) is 19.6 Å². The molecule has 0 aromatic carbocycles. The van der Waals surface area contributed by atoms with Gasteiger partial charge in [0.25, 0.3) is 0 Å². The fraction of sp³-hybridized carbons (Fsp3) is 0.824. The van der Waals surface area contributed by atoms with E-state index in [4.69, 9.17) is 4.74 Å². The third-order valence-electron chi connectivity index (χ3n) is 4.26. The van der Waals surface area contributed by atoms with Gasteiger partial charge in [-0.2, -0.15) is 0 Å². The maximum absolute atomic E-state index is 6.30. The molecule has 1 saturated heterocycles. The van der Waals surface area contributed by atoms with Gasteiger partial charge in [0.2, 0.25) is 0 Å². The van der Waals surface area contributed by atoms with Gasteiger partial charge in [0.1, 0.15) is 0 Å². The Kier molecular flexibility index (Phi) is 6.20. The van der Waals surface area contributed by atoms with Crippen LogP contribution in [0.4, 0.5) is 0 Å². The molecule has 0 aliphatic carbocycles. The minimum Gasteiger partial charge on any atom is -0.372 e. The van der Waals surface area contributed by atoms with Crippen LogP contribution in [0.5, 0.6) is 0 Å². The molecule has 2 rings (SSSR count). The summed E-state index contributed by atoms with van der Waals surface area (Å²) in [5.41, 5.74) is 1.20. The Morgan fingerprint density at radius 3 is 2.67 bits per heavy atom. The van der Waals surface area contributed by atoms with Crippen LogP contribution in [0.1, 0.15) is 55.6 Å². The van der Waals surface area contributed by atoms with Gasteiger partial charge in [0.15, 0.2) is 0 Å². The molecule has 3 nitrogen and oxygen atoms in total. The number of rotatable bonds is 6. The van der Waals surface area contributed by atoms with Crippen LogP contribution in [0, 0.1) is 19.8 Å². The molecule has 2 heterocycles. The van der Waals surface area contributed by atoms with E-state index in [1.54, 1.807) is 0 Å². The normalized spacial score (nSPS) is 23.9. The van der Waals surface area contributed by atoms with Crippen molar-refractivity contribution in [1.29, 1.82) is 0 Å². The van der Waals surface area contributed by atoms with Crippen molar-refractivity contribution in [2.75, 3.05) is 13.1 Å².